The van der Waals surface area contributed by atoms with Gasteiger partial charge in [0.05, 0.1) is 11.1 Å². The molecule has 2 fully saturated rings. The van der Waals surface area contributed by atoms with Crippen LogP contribution in [-0.4, -0.2) is 53.3 Å². The van der Waals surface area contributed by atoms with Crippen molar-refractivity contribution in [1.82, 2.24) is 15.5 Å². The van der Waals surface area contributed by atoms with Gasteiger partial charge in [-0.1, -0.05) is 0 Å². The van der Waals surface area contributed by atoms with Crippen molar-refractivity contribution in [1.29, 1.82) is 0 Å². The summed E-state index contributed by atoms with van der Waals surface area (Å²) in [6.07, 6.45) is 3.57. The first-order chi connectivity index (χ1) is 13.5. The molecule has 8 nitrogen and oxygen atoms in total. The monoisotopic (exact) mass is 383 g/mol. The smallest absolute Gasteiger partial charge is 0.262 e. The molecular formula is C20H21N3O5. The largest absolute Gasteiger partial charge is 0.487 e. The summed E-state index contributed by atoms with van der Waals surface area (Å²) in [7, 11) is 0. The maximum atomic E-state index is 13.1. The third-order valence-electron chi connectivity index (χ3n) is 6.35. The van der Waals surface area contributed by atoms with Crippen LogP contribution in [0, 0.1) is 0 Å². The van der Waals surface area contributed by atoms with Gasteiger partial charge in [0.15, 0.2) is 0 Å². The second-order valence-electron chi connectivity index (χ2n) is 7.95. The molecule has 0 bridgehead atoms. The minimum atomic E-state index is -0.943. The first-order valence-corrected chi connectivity index (χ1v) is 9.76. The Morgan fingerprint density at radius 2 is 1.79 bits per heavy atom. The number of hydrogen-bond acceptors (Lipinski definition) is 6. The van der Waals surface area contributed by atoms with Crippen molar-refractivity contribution in [3.63, 3.8) is 0 Å². The zero-order valence-electron chi connectivity index (χ0n) is 15.4. The number of carbonyl (C=O) groups excluding carboxylic acids is 4. The summed E-state index contributed by atoms with van der Waals surface area (Å²) < 4.78 is 6.34. The molecule has 8 heteroatoms. The Morgan fingerprint density at radius 3 is 2.54 bits per heavy atom. The Kier molecular flexibility index (Phi) is 3.80. The van der Waals surface area contributed by atoms with Crippen molar-refractivity contribution >= 4 is 23.6 Å². The molecule has 4 aliphatic heterocycles. The van der Waals surface area contributed by atoms with Gasteiger partial charge in [-0.15, -0.1) is 0 Å². The number of piperidine rings is 2. The molecule has 0 aromatic heterocycles. The van der Waals surface area contributed by atoms with Crippen molar-refractivity contribution in [2.75, 3.05) is 13.1 Å². The van der Waals surface area contributed by atoms with E-state index in [9.17, 15) is 19.2 Å². The van der Waals surface area contributed by atoms with Gasteiger partial charge in [0, 0.05) is 12.0 Å². The lowest BCUT2D eigenvalue weighted by Gasteiger charge is -2.42. The number of carbonyl (C=O) groups is 4. The lowest BCUT2D eigenvalue weighted by Crippen LogP contribution is -2.54. The number of nitrogens with one attached hydrogen (secondary N) is 2. The van der Waals surface area contributed by atoms with Crippen LogP contribution in [0.5, 0.6) is 5.75 Å². The number of amides is 4. The number of imide groups is 2. The van der Waals surface area contributed by atoms with Crippen LogP contribution in [0.4, 0.5) is 0 Å². The molecule has 5 rings (SSSR count). The highest BCUT2D eigenvalue weighted by Gasteiger charge is 2.47. The molecule has 1 aromatic rings. The molecule has 28 heavy (non-hydrogen) atoms. The van der Waals surface area contributed by atoms with Gasteiger partial charge in [0.1, 0.15) is 17.4 Å². The molecule has 0 radical (unpaired) electrons. The molecule has 2 saturated heterocycles. The Labute approximate surface area is 161 Å². The maximum Gasteiger partial charge on any atom is 0.262 e. The van der Waals surface area contributed by atoms with Crippen molar-refractivity contribution in [3.05, 3.63) is 28.8 Å². The fraction of sp³-hybridized carbons (Fsp3) is 0.500. The van der Waals surface area contributed by atoms with E-state index in [1.54, 1.807) is 12.1 Å². The summed E-state index contributed by atoms with van der Waals surface area (Å²) in [5, 5.41) is 5.56. The van der Waals surface area contributed by atoms with Gasteiger partial charge in [-0.25, -0.2) is 0 Å². The van der Waals surface area contributed by atoms with E-state index < -0.39 is 23.8 Å². The fourth-order valence-electron chi connectivity index (χ4n) is 4.82. The van der Waals surface area contributed by atoms with Gasteiger partial charge in [-0.05, 0) is 57.3 Å². The normalized spacial score (nSPS) is 26.0. The number of hydrogen-bond donors (Lipinski definition) is 2. The Balaban J connectivity index is 1.49. The minimum absolute atomic E-state index is 0.113. The number of benzene rings is 1. The standard InChI is InChI=1S/C20H21N3O5/c24-15-4-2-13(17(25)22-15)23-18(26)12-1-3-14-11(16(12)19(23)27)5-6-20(28-14)7-9-21-10-8-20/h1,3,13,21H,2,4-10H2,(H,22,24,25). The second kappa shape index (κ2) is 6.13. The fourth-order valence-corrected chi connectivity index (χ4v) is 4.82. The summed E-state index contributed by atoms with van der Waals surface area (Å²) in [6, 6.07) is 2.46. The van der Waals surface area contributed by atoms with Gasteiger partial charge >= 0.3 is 0 Å². The zero-order chi connectivity index (χ0) is 19.5. The average Bonchev–Trinajstić information content (AvgIpc) is 2.93. The lowest BCUT2D eigenvalue weighted by molar-refractivity contribution is -0.136. The molecule has 4 heterocycles. The lowest BCUT2D eigenvalue weighted by atomic mass is 9.82. The predicted molar refractivity (Wildman–Crippen MR) is 96.9 cm³/mol. The molecule has 4 amide bonds. The average molecular weight is 383 g/mol. The summed E-state index contributed by atoms with van der Waals surface area (Å²) >= 11 is 0. The summed E-state index contributed by atoms with van der Waals surface area (Å²) in [5.41, 5.74) is 1.23. The van der Waals surface area contributed by atoms with E-state index in [1.807, 2.05) is 0 Å². The molecule has 146 valence electrons. The summed E-state index contributed by atoms with van der Waals surface area (Å²) in [5.74, 6) is -1.24. The van der Waals surface area contributed by atoms with E-state index in [4.69, 9.17) is 4.74 Å². The molecule has 1 atom stereocenters. The van der Waals surface area contributed by atoms with Crippen molar-refractivity contribution < 1.29 is 23.9 Å². The molecule has 0 aliphatic carbocycles. The first kappa shape index (κ1) is 17.4. The SMILES string of the molecule is O=C1CCC(N2C(=O)c3ccc4c(c3C2=O)CCC2(CCNCC2)O4)C(=O)N1. The molecule has 1 unspecified atom stereocenters. The molecule has 2 N–H and O–H groups in total. The van der Waals surface area contributed by atoms with E-state index in [-0.39, 0.29) is 24.3 Å². The van der Waals surface area contributed by atoms with Gasteiger partial charge in [0.25, 0.3) is 11.8 Å². The Bertz CT molecular complexity index is 919. The van der Waals surface area contributed by atoms with Crippen molar-refractivity contribution in [3.8, 4) is 5.75 Å². The minimum Gasteiger partial charge on any atom is -0.487 e. The van der Waals surface area contributed by atoms with Crippen molar-refractivity contribution in [2.24, 2.45) is 0 Å². The highest BCUT2D eigenvalue weighted by Crippen LogP contribution is 2.42. The van der Waals surface area contributed by atoms with Crippen LogP contribution >= 0.6 is 0 Å². The van der Waals surface area contributed by atoms with Gasteiger partial charge in [-0.2, -0.15) is 0 Å². The van der Waals surface area contributed by atoms with Crippen LogP contribution in [0.15, 0.2) is 12.1 Å². The number of rotatable bonds is 1. The number of ether oxygens (including phenoxy) is 1. The van der Waals surface area contributed by atoms with Crippen LogP contribution in [0.25, 0.3) is 0 Å². The van der Waals surface area contributed by atoms with E-state index in [1.165, 1.54) is 0 Å². The van der Waals surface area contributed by atoms with Gasteiger partial charge < -0.3 is 10.1 Å². The molecular weight excluding hydrogens is 362 g/mol. The highest BCUT2D eigenvalue weighted by atomic mass is 16.5. The molecule has 0 saturated carbocycles. The topological polar surface area (TPSA) is 105 Å². The highest BCUT2D eigenvalue weighted by molar-refractivity contribution is 6.24. The molecule has 1 spiro atoms. The van der Waals surface area contributed by atoms with E-state index in [0.717, 1.165) is 42.8 Å². The number of fused-ring (bicyclic) bond motifs is 3. The molecule has 4 aliphatic rings. The van der Waals surface area contributed by atoms with Crippen LogP contribution in [-0.2, 0) is 16.0 Å². The van der Waals surface area contributed by atoms with Gasteiger partial charge in [-0.3, -0.25) is 29.4 Å². The third-order valence-corrected chi connectivity index (χ3v) is 6.35. The van der Waals surface area contributed by atoms with Crippen LogP contribution < -0.4 is 15.4 Å². The first-order valence-electron chi connectivity index (χ1n) is 9.76. The quantitative estimate of drug-likeness (QED) is 0.686. The maximum absolute atomic E-state index is 13.1. The van der Waals surface area contributed by atoms with Crippen molar-refractivity contribution in [2.45, 2.75) is 50.2 Å². The van der Waals surface area contributed by atoms with E-state index >= 15 is 0 Å². The summed E-state index contributed by atoms with van der Waals surface area (Å²) in [4.78, 5) is 50.7. The summed E-state index contributed by atoms with van der Waals surface area (Å²) in [6.45, 7) is 1.81. The predicted octanol–water partition coefficient (Wildman–Crippen LogP) is 0.535. The van der Waals surface area contributed by atoms with Crippen LogP contribution in [0.3, 0.4) is 0 Å². The Hall–Kier alpha value is -2.74. The third kappa shape index (κ3) is 2.47. The van der Waals surface area contributed by atoms with E-state index in [2.05, 4.69) is 10.6 Å². The second-order valence-corrected chi connectivity index (χ2v) is 7.95. The van der Waals surface area contributed by atoms with Gasteiger partial charge in [0.2, 0.25) is 11.8 Å². The zero-order valence-corrected chi connectivity index (χ0v) is 15.4. The Morgan fingerprint density at radius 1 is 1.00 bits per heavy atom. The van der Waals surface area contributed by atoms with Crippen LogP contribution in [0.1, 0.15) is 58.4 Å². The number of nitrogens with zero attached hydrogens (tertiary/aromatic N) is 1. The molecule has 1 aromatic carbocycles. The van der Waals surface area contributed by atoms with E-state index in [0.29, 0.717) is 23.3 Å². The van der Waals surface area contributed by atoms with Crippen LogP contribution in [0.2, 0.25) is 0 Å².